The maximum Gasteiger partial charge on any atom is 2.00 e. The molecule has 83 valence electrons. The summed E-state index contributed by atoms with van der Waals surface area (Å²) in [7, 11) is 0. The van der Waals surface area contributed by atoms with E-state index < -0.39 is 10.2 Å². The van der Waals surface area contributed by atoms with Gasteiger partial charge in [-0.25, -0.2) is 0 Å². The van der Waals surface area contributed by atoms with Crippen molar-refractivity contribution < 1.29 is 27.2 Å². The molecule has 0 atom stereocenters. The summed E-state index contributed by atoms with van der Waals surface area (Å²) < 4.78 is 0. The number of aromatic amines is 1. The number of hydrogen-bond acceptors (Lipinski definition) is 8. The Morgan fingerprint density at radius 1 is 1.07 bits per heavy atom. The summed E-state index contributed by atoms with van der Waals surface area (Å²) in [5, 5.41) is 38.8. The van der Waals surface area contributed by atoms with Gasteiger partial charge in [0.15, 0.2) is 0 Å². The Morgan fingerprint density at radius 2 is 1.43 bits per heavy atom. The first-order chi connectivity index (χ1) is 5.96. The Bertz CT molecular complexity index is 189. The molecule has 1 rings (SSSR count). The summed E-state index contributed by atoms with van der Waals surface area (Å²) in [6.45, 7) is 0. The second-order valence-corrected chi connectivity index (χ2v) is 1.11. The minimum absolute atomic E-state index is 0. The molecule has 0 amide bonds. The second kappa shape index (κ2) is 13.6. The molecular weight excluding hydrogens is 254 g/mol. The second-order valence-electron chi connectivity index (χ2n) is 1.11. The summed E-state index contributed by atoms with van der Waals surface area (Å²) in [5.41, 5.74) is 0. The molecule has 12 heteroatoms. The van der Waals surface area contributed by atoms with Crippen LogP contribution in [-0.2, 0) is 17.1 Å². The van der Waals surface area contributed by atoms with Crippen molar-refractivity contribution in [1.82, 2.24) is 15.4 Å². The molecule has 0 saturated carbocycles. The van der Waals surface area contributed by atoms with E-state index in [2.05, 4.69) is 15.4 Å². The zero-order valence-electron chi connectivity index (χ0n) is 6.19. The Morgan fingerprint density at radius 3 is 1.50 bits per heavy atom. The van der Waals surface area contributed by atoms with Gasteiger partial charge in [-0.3, -0.25) is 5.10 Å². The van der Waals surface area contributed by atoms with Gasteiger partial charge < -0.3 is 30.6 Å². The summed E-state index contributed by atoms with van der Waals surface area (Å²) in [5.74, 6) is 0. The molecule has 0 aromatic carbocycles. The van der Waals surface area contributed by atoms with Crippen LogP contribution in [0.3, 0.4) is 0 Å². The fraction of sp³-hybridized carbons (Fsp3) is 0. The summed E-state index contributed by atoms with van der Waals surface area (Å²) in [6.07, 6.45) is 3.24. The number of rotatable bonds is 0. The standard InChI is InChI=1S/C2H3N3.Cu.2NO3/c1-2-4-5-3-1;;2*2-1(3)4/h1-2H,(H,3,4,5);;;/q;+2;2*-1. The van der Waals surface area contributed by atoms with Crippen LogP contribution in [-0.4, -0.2) is 25.6 Å². The van der Waals surface area contributed by atoms with E-state index in [0.29, 0.717) is 0 Å². The quantitative estimate of drug-likeness (QED) is 0.361. The molecule has 0 aliphatic heterocycles. The minimum atomic E-state index is -1.75. The zero-order valence-corrected chi connectivity index (χ0v) is 7.14. The van der Waals surface area contributed by atoms with Gasteiger partial charge in [0.2, 0.25) is 0 Å². The number of nitrogens with zero attached hydrogens (tertiary/aromatic N) is 4. The van der Waals surface area contributed by atoms with E-state index in [1.807, 2.05) is 0 Å². The number of aromatic nitrogens is 3. The van der Waals surface area contributed by atoms with Gasteiger partial charge in [-0.1, -0.05) is 5.21 Å². The molecule has 0 bridgehead atoms. The molecule has 0 saturated heterocycles. The molecule has 1 aromatic heterocycles. The van der Waals surface area contributed by atoms with E-state index in [1.54, 1.807) is 12.4 Å². The molecule has 0 unspecified atom stereocenters. The summed E-state index contributed by atoms with van der Waals surface area (Å²) in [4.78, 5) is 16.5. The van der Waals surface area contributed by atoms with Crippen molar-refractivity contribution >= 4 is 0 Å². The predicted molar refractivity (Wildman–Crippen MR) is 37.1 cm³/mol. The SMILES string of the molecule is O=[N+]([O-])[O-].O=[N+]([O-])[O-].[Cu+2].c1c[nH]nn1. The molecular formula is C2H3CuN5O6. The smallest absolute Gasteiger partial charge is 0.356 e. The van der Waals surface area contributed by atoms with Crippen molar-refractivity contribution in [1.29, 1.82) is 0 Å². The first-order valence-electron chi connectivity index (χ1n) is 2.40. The van der Waals surface area contributed by atoms with Crippen LogP contribution in [0.4, 0.5) is 0 Å². The molecule has 0 aliphatic rings. The molecule has 0 spiro atoms. The Hall–Kier alpha value is -1.94. The first-order valence-corrected chi connectivity index (χ1v) is 2.40. The molecule has 14 heavy (non-hydrogen) atoms. The average molecular weight is 257 g/mol. The van der Waals surface area contributed by atoms with Crippen molar-refractivity contribution in [3.63, 3.8) is 0 Å². The Balaban J connectivity index is -0.000000127. The third-order valence-corrected chi connectivity index (χ3v) is 0.331. The normalized spacial score (nSPS) is 6.29. The van der Waals surface area contributed by atoms with Crippen molar-refractivity contribution in [2.45, 2.75) is 0 Å². The fourth-order valence-electron chi connectivity index (χ4n) is 0.167. The van der Waals surface area contributed by atoms with Crippen molar-refractivity contribution in [3.8, 4) is 0 Å². The third kappa shape index (κ3) is 88.2. The third-order valence-electron chi connectivity index (χ3n) is 0.331. The van der Waals surface area contributed by atoms with E-state index >= 15 is 0 Å². The topological polar surface area (TPSA) is 174 Å². The molecule has 1 aromatic rings. The molecule has 1 N–H and O–H groups in total. The molecule has 1 radical (unpaired) electrons. The first kappa shape index (κ1) is 18.0. The van der Waals surface area contributed by atoms with Crippen LogP contribution < -0.4 is 0 Å². The van der Waals surface area contributed by atoms with Crippen LogP contribution in [0.2, 0.25) is 0 Å². The van der Waals surface area contributed by atoms with Gasteiger partial charge in [0.1, 0.15) is 0 Å². The predicted octanol–water partition coefficient (Wildman–Crippen LogP) is -0.676. The Labute approximate surface area is 86.4 Å². The molecule has 11 nitrogen and oxygen atoms in total. The van der Waals surface area contributed by atoms with Crippen LogP contribution in [0.1, 0.15) is 0 Å². The van der Waals surface area contributed by atoms with Gasteiger partial charge >= 0.3 is 17.1 Å². The zero-order chi connectivity index (χ0) is 10.7. The largest absolute Gasteiger partial charge is 2.00 e. The Kier molecular flexibility index (Phi) is 17.5. The van der Waals surface area contributed by atoms with E-state index in [1.165, 1.54) is 0 Å². The van der Waals surface area contributed by atoms with Crippen molar-refractivity contribution in [3.05, 3.63) is 43.0 Å². The van der Waals surface area contributed by atoms with Gasteiger partial charge in [0.25, 0.3) is 0 Å². The van der Waals surface area contributed by atoms with Crippen LogP contribution in [0.15, 0.2) is 12.4 Å². The number of H-pyrrole nitrogens is 1. The molecule has 1 heterocycles. The van der Waals surface area contributed by atoms with Crippen LogP contribution in [0, 0.1) is 30.6 Å². The number of nitrogens with one attached hydrogen (secondary N) is 1. The number of hydrogen-bond donors (Lipinski definition) is 1. The summed E-state index contributed by atoms with van der Waals surface area (Å²) >= 11 is 0. The van der Waals surface area contributed by atoms with E-state index in [0.717, 1.165) is 0 Å². The van der Waals surface area contributed by atoms with Crippen LogP contribution >= 0.6 is 0 Å². The molecule has 0 aliphatic carbocycles. The van der Waals surface area contributed by atoms with E-state index in [-0.39, 0.29) is 17.1 Å². The van der Waals surface area contributed by atoms with Crippen LogP contribution in [0.5, 0.6) is 0 Å². The van der Waals surface area contributed by atoms with E-state index in [4.69, 9.17) is 30.6 Å². The van der Waals surface area contributed by atoms with Crippen molar-refractivity contribution in [2.75, 3.05) is 0 Å². The average Bonchev–Trinajstić information content (AvgIpc) is 2.35. The maximum atomic E-state index is 8.25. The van der Waals surface area contributed by atoms with Crippen LogP contribution in [0.25, 0.3) is 0 Å². The molecule has 0 fully saturated rings. The van der Waals surface area contributed by atoms with Gasteiger partial charge in [-0.15, -0.1) is 5.10 Å². The van der Waals surface area contributed by atoms with Gasteiger partial charge in [0.05, 0.1) is 16.4 Å². The van der Waals surface area contributed by atoms with Gasteiger partial charge in [-0.05, 0) is 0 Å². The van der Waals surface area contributed by atoms with Gasteiger partial charge in [-0.2, -0.15) is 0 Å². The monoisotopic (exact) mass is 256 g/mol. The van der Waals surface area contributed by atoms with E-state index in [9.17, 15) is 0 Å². The minimum Gasteiger partial charge on any atom is -0.356 e. The fourth-order valence-corrected chi connectivity index (χ4v) is 0.167. The van der Waals surface area contributed by atoms with Crippen molar-refractivity contribution in [2.24, 2.45) is 0 Å². The van der Waals surface area contributed by atoms with Gasteiger partial charge in [0, 0.05) is 6.20 Å². The summed E-state index contributed by atoms with van der Waals surface area (Å²) in [6, 6.07) is 0. The maximum absolute atomic E-state index is 8.25.